The Bertz CT molecular complexity index is 1140. The zero-order chi connectivity index (χ0) is 21.2. The van der Waals surface area contributed by atoms with E-state index >= 15 is 0 Å². The second-order valence-corrected chi connectivity index (χ2v) is 7.30. The van der Waals surface area contributed by atoms with Crippen molar-refractivity contribution in [3.8, 4) is 11.5 Å². The predicted octanol–water partition coefficient (Wildman–Crippen LogP) is 0.957. The van der Waals surface area contributed by atoms with Crippen molar-refractivity contribution in [1.82, 2.24) is 14.8 Å². The summed E-state index contributed by atoms with van der Waals surface area (Å²) in [6.07, 6.45) is 0. The van der Waals surface area contributed by atoms with E-state index in [4.69, 9.17) is 20.3 Å². The van der Waals surface area contributed by atoms with Gasteiger partial charge in [-0.2, -0.15) is 9.67 Å². The van der Waals surface area contributed by atoms with E-state index in [1.165, 1.54) is 38.5 Å². The summed E-state index contributed by atoms with van der Waals surface area (Å²) >= 11 is 0. The van der Waals surface area contributed by atoms with Crippen LogP contribution >= 0.6 is 0 Å². The zero-order valence-corrected chi connectivity index (χ0v) is 16.3. The fraction of sp³-hybridized carbons (Fsp3) is 0.118. The van der Waals surface area contributed by atoms with Gasteiger partial charge in [0.25, 0.3) is 5.91 Å². The summed E-state index contributed by atoms with van der Waals surface area (Å²) in [5, 5.41) is 12.0. The maximum Gasteiger partial charge on any atom is 0.289 e. The first-order valence-corrected chi connectivity index (χ1v) is 9.67. The lowest BCUT2D eigenvalue weighted by molar-refractivity contribution is 0.0941. The quantitative estimate of drug-likeness (QED) is 0.528. The number of hydrogen-bond acceptors (Lipinski definition) is 9. The highest BCUT2D eigenvalue weighted by Crippen LogP contribution is 2.29. The first-order chi connectivity index (χ1) is 13.7. The third-order valence-corrected chi connectivity index (χ3v) is 4.83. The highest BCUT2D eigenvalue weighted by atomic mass is 32.2. The monoisotopic (exact) mass is 418 g/mol. The maximum atomic E-state index is 13.0. The molecule has 11 nitrogen and oxygen atoms in total. The largest absolute Gasteiger partial charge is 0.496 e. The van der Waals surface area contributed by atoms with Crippen molar-refractivity contribution in [1.29, 1.82) is 0 Å². The highest BCUT2D eigenvalue weighted by Gasteiger charge is 2.23. The molecule has 0 saturated carbocycles. The van der Waals surface area contributed by atoms with Gasteiger partial charge in [0.05, 0.1) is 19.1 Å². The second kappa shape index (κ2) is 7.77. The van der Waals surface area contributed by atoms with Crippen LogP contribution in [0.4, 0.5) is 17.6 Å². The van der Waals surface area contributed by atoms with Gasteiger partial charge in [-0.05, 0) is 36.4 Å². The highest BCUT2D eigenvalue weighted by molar-refractivity contribution is 7.89. The Morgan fingerprint density at radius 2 is 1.66 bits per heavy atom. The van der Waals surface area contributed by atoms with Crippen molar-refractivity contribution in [2.24, 2.45) is 5.14 Å². The number of carbonyl (C=O) groups excluding carboxylic acids is 1. The minimum Gasteiger partial charge on any atom is -0.496 e. The lowest BCUT2D eigenvalue weighted by Crippen LogP contribution is -2.18. The molecule has 0 atom stereocenters. The van der Waals surface area contributed by atoms with E-state index in [0.717, 1.165) is 4.68 Å². The molecule has 0 radical (unpaired) electrons. The summed E-state index contributed by atoms with van der Waals surface area (Å²) in [5.41, 5.74) is 6.46. The first-order valence-electron chi connectivity index (χ1n) is 8.12. The Labute approximate surface area is 166 Å². The fourth-order valence-electron chi connectivity index (χ4n) is 2.55. The molecule has 0 bridgehead atoms. The summed E-state index contributed by atoms with van der Waals surface area (Å²) in [6, 6.07) is 10.5. The molecule has 3 rings (SSSR count). The number of carbonyl (C=O) groups is 1. The number of benzene rings is 2. The van der Waals surface area contributed by atoms with Crippen molar-refractivity contribution >= 4 is 33.5 Å². The van der Waals surface area contributed by atoms with Gasteiger partial charge in [-0.3, -0.25) is 4.79 Å². The minimum atomic E-state index is -3.80. The van der Waals surface area contributed by atoms with Gasteiger partial charge in [0, 0.05) is 5.69 Å². The first kappa shape index (κ1) is 20.1. The van der Waals surface area contributed by atoms with Crippen LogP contribution < -0.4 is 25.7 Å². The molecule has 0 aliphatic heterocycles. The molecule has 1 aromatic heterocycles. The Balaban J connectivity index is 1.90. The van der Waals surface area contributed by atoms with Crippen molar-refractivity contribution < 1.29 is 22.7 Å². The number of nitrogen functional groups attached to an aromatic ring is 1. The maximum absolute atomic E-state index is 13.0. The summed E-state index contributed by atoms with van der Waals surface area (Å²) in [5.74, 6) is -0.142. The Morgan fingerprint density at radius 1 is 1.07 bits per heavy atom. The molecule has 0 aliphatic rings. The number of hydrogen-bond donors (Lipinski definition) is 3. The summed E-state index contributed by atoms with van der Waals surface area (Å²) < 4.78 is 34.0. The van der Waals surface area contributed by atoms with Gasteiger partial charge in [0.2, 0.25) is 21.9 Å². The van der Waals surface area contributed by atoms with Gasteiger partial charge >= 0.3 is 0 Å². The normalized spacial score (nSPS) is 11.1. The van der Waals surface area contributed by atoms with Gasteiger partial charge in [-0.25, -0.2) is 13.6 Å². The lowest BCUT2D eigenvalue weighted by Gasteiger charge is -2.11. The Hall–Kier alpha value is -3.64. The SMILES string of the molecule is COc1cccc(OC)c1C(=O)n1nc(Nc2ccc(S(N)(=O)=O)cc2)nc1N. The Morgan fingerprint density at radius 3 is 2.17 bits per heavy atom. The van der Waals surface area contributed by atoms with Crippen molar-refractivity contribution in [3.05, 3.63) is 48.0 Å². The Kier molecular flexibility index (Phi) is 5.39. The number of rotatable bonds is 6. The number of primary sulfonamides is 1. The van der Waals surface area contributed by atoms with Crippen LogP contribution in [-0.4, -0.2) is 43.3 Å². The zero-order valence-electron chi connectivity index (χ0n) is 15.5. The van der Waals surface area contributed by atoms with Gasteiger partial charge < -0.3 is 20.5 Å². The third kappa shape index (κ3) is 4.12. The number of methoxy groups -OCH3 is 2. The van der Waals surface area contributed by atoms with Gasteiger partial charge in [0.15, 0.2) is 0 Å². The van der Waals surface area contributed by atoms with Crippen LogP contribution in [0, 0.1) is 0 Å². The van der Waals surface area contributed by atoms with E-state index in [0.29, 0.717) is 5.69 Å². The van der Waals surface area contributed by atoms with Crippen molar-refractivity contribution in [2.45, 2.75) is 4.90 Å². The van der Waals surface area contributed by atoms with Crippen molar-refractivity contribution in [3.63, 3.8) is 0 Å². The van der Waals surface area contributed by atoms with E-state index in [9.17, 15) is 13.2 Å². The van der Waals surface area contributed by atoms with E-state index in [-0.39, 0.29) is 33.9 Å². The average molecular weight is 418 g/mol. The fourth-order valence-corrected chi connectivity index (χ4v) is 3.07. The molecular weight excluding hydrogens is 400 g/mol. The molecule has 29 heavy (non-hydrogen) atoms. The third-order valence-electron chi connectivity index (χ3n) is 3.91. The summed E-state index contributed by atoms with van der Waals surface area (Å²) in [7, 11) is -0.952. The molecule has 0 fully saturated rings. The molecule has 0 unspecified atom stereocenters. The second-order valence-electron chi connectivity index (χ2n) is 5.74. The molecular formula is C17H18N6O5S. The van der Waals surface area contributed by atoms with Gasteiger partial charge in [0.1, 0.15) is 17.1 Å². The number of sulfonamides is 1. The van der Waals surface area contributed by atoms with Gasteiger partial charge in [-0.1, -0.05) is 6.07 Å². The van der Waals surface area contributed by atoms with Gasteiger partial charge in [-0.15, -0.1) is 5.10 Å². The molecule has 3 aromatic rings. The molecule has 1 heterocycles. The van der Waals surface area contributed by atoms with Crippen LogP contribution in [0.5, 0.6) is 11.5 Å². The molecule has 0 amide bonds. The topological polar surface area (TPSA) is 164 Å². The van der Waals surface area contributed by atoms with Crippen LogP contribution in [0.1, 0.15) is 10.4 Å². The van der Waals surface area contributed by atoms with E-state index in [1.54, 1.807) is 18.2 Å². The summed E-state index contributed by atoms with van der Waals surface area (Å²) in [4.78, 5) is 16.9. The van der Waals surface area contributed by atoms with Crippen LogP contribution in [0.15, 0.2) is 47.4 Å². The molecule has 152 valence electrons. The van der Waals surface area contributed by atoms with Crippen molar-refractivity contribution in [2.75, 3.05) is 25.3 Å². The number of ether oxygens (including phenoxy) is 2. The van der Waals surface area contributed by atoms with Crippen LogP contribution in [0.25, 0.3) is 0 Å². The molecule has 12 heteroatoms. The van der Waals surface area contributed by atoms with Crippen LogP contribution in [0.3, 0.4) is 0 Å². The summed E-state index contributed by atoms with van der Waals surface area (Å²) in [6.45, 7) is 0. The minimum absolute atomic E-state index is 0.0353. The van der Waals surface area contributed by atoms with E-state index in [1.807, 2.05) is 0 Å². The van der Waals surface area contributed by atoms with E-state index < -0.39 is 15.9 Å². The molecule has 2 aromatic carbocycles. The molecule has 0 aliphatic carbocycles. The number of nitrogens with zero attached hydrogens (tertiary/aromatic N) is 3. The smallest absolute Gasteiger partial charge is 0.289 e. The number of nitrogens with two attached hydrogens (primary N) is 2. The standard InChI is InChI=1S/C17H18N6O5S/c1-27-12-4-3-5-13(28-2)14(12)15(24)23-16(18)21-17(22-23)20-10-6-8-11(9-7-10)29(19,25)26/h3-9H,1-2H3,(H2,19,25,26)(H3,18,20,21,22). The van der Waals surface area contributed by atoms with E-state index in [2.05, 4.69) is 15.4 Å². The van der Waals surface area contributed by atoms with Crippen LogP contribution in [-0.2, 0) is 10.0 Å². The number of aromatic nitrogens is 3. The number of nitrogens with one attached hydrogen (secondary N) is 1. The number of anilines is 3. The lowest BCUT2D eigenvalue weighted by atomic mass is 10.1. The molecule has 5 N–H and O–H groups in total. The molecule has 0 saturated heterocycles. The average Bonchev–Trinajstić information content (AvgIpc) is 3.06. The van der Waals surface area contributed by atoms with Crippen LogP contribution in [0.2, 0.25) is 0 Å². The predicted molar refractivity (Wildman–Crippen MR) is 105 cm³/mol. The molecule has 0 spiro atoms.